The van der Waals surface area contributed by atoms with Crippen molar-refractivity contribution in [3.05, 3.63) is 126 Å². The van der Waals surface area contributed by atoms with Gasteiger partial charge in [-0.25, -0.2) is 9.78 Å². The number of nitrogens with zero attached hydrogens (tertiary/aromatic N) is 2. The van der Waals surface area contributed by atoms with E-state index in [2.05, 4.69) is 0 Å². The van der Waals surface area contributed by atoms with Crippen molar-refractivity contribution in [2.24, 2.45) is 23.7 Å². The number of ether oxygens (including phenoxy) is 2. The normalized spacial score (nSPS) is 21.5. The molecule has 0 radical (unpaired) electrons. The Kier molecular flexibility index (Phi) is 7.79. The van der Waals surface area contributed by atoms with Crippen LogP contribution in [-0.2, 0) is 20.9 Å². The molecule has 8 heteroatoms. The van der Waals surface area contributed by atoms with Gasteiger partial charge >= 0.3 is 5.97 Å². The molecule has 2 amide bonds. The number of carbonyl (C=O) groups excluding carboxylic acids is 4. The van der Waals surface area contributed by atoms with Gasteiger partial charge in [0.25, 0.3) is 0 Å². The minimum absolute atomic E-state index is 0.0835. The van der Waals surface area contributed by atoms with E-state index >= 15 is 0 Å². The molecule has 1 aromatic heterocycles. The second-order valence-corrected chi connectivity index (χ2v) is 13.2. The lowest BCUT2D eigenvalue weighted by atomic mass is 9.81. The summed E-state index contributed by atoms with van der Waals surface area (Å²) in [5, 5.41) is 0.599. The summed E-state index contributed by atoms with van der Waals surface area (Å²) in [6, 6.07) is 32.6. The second-order valence-electron chi connectivity index (χ2n) is 13.2. The van der Waals surface area contributed by atoms with E-state index in [-0.39, 0.29) is 35.0 Å². The molecule has 244 valence electrons. The SMILES string of the molecule is C[C@@H](OC(=O)c1cc(-c2ccc(N3C(=O)[C@H]4[C@@H]5CC[C@@H](C5)[C@@H]4C3=O)cc2)nc2ccccc12)C(=O)c1ccc(OCc2ccccc2)cc1. The minimum Gasteiger partial charge on any atom is -0.489 e. The van der Waals surface area contributed by atoms with E-state index in [9.17, 15) is 19.2 Å². The molecule has 49 heavy (non-hydrogen) atoms. The first kappa shape index (κ1) is 30.7. The predicted molar refractivity (Wildman–Crippen MR) is 184 cm³/mol. The van der Waals surface area contributed by atoms with Crippen LogP contribution in [0.1, 0.15) is 52.5 Å². The number of para-hydroxylation sites is 1. The highest BCUT2D eigenvalue weighted by Crippen LogP contribution is 2.56. The fourth-order valence-electron chi connectivity index (χ4n) is 7.91. The van der Waals surface area contributed by atoms with Crippen LogP contribution in [-0.4, -0.2) is 34.7 Å². The zero-order chi connectivity index (χ0) is 33.6. The molecule has 8 nitrogen and oxygen atoms in total. The monoisotopic (exact) mass is 650 g/mol. The number of amides is 2. The lowest BCUT2D eigenvalue weighted by molar-refractivity contribution is -0.123. The number of carbonyl (C=O) groups is 4. The number of rotatable bonds is 9. The lowest BCUT2D eigenvalue weighted by Crippen LogP contribution is -2.32. The van der Waals surface area contributed by atoms with Crippen LogP contribution in [0.25, 0.3) is 22.2 Å². The zero-order valence-electron chi connectivity index (χ0n) is 27.0. The Bertz CT molecular complexity index is 2070. The molecule has 2 aliphatic carbocycles. The maximum atomic E-state index is 13.6. The van der Waals surface area contributed by atoms with E-state index in [1.807, 2.05) is 60.7 Å². The highest BCUT2D eigenvalue weighted by Gasteiger charge is 2.61. The summed E-state index contributed by atoms with van der Waals surface area (Å²) in [4.78, 5) is 59.7. The van der Waals surface area contributed by atoms with Gasteiger partial charge in [-0.3, -0.25) is 19.3 Å². The van der Waals surface area contributed by atoms with Crippen LogP contribution in [0.3, 0.4) is 0 Å². The highest BCUT2D eigenvalue weighted by atomic mass is 16.5. The Hall–Kier alpha value is -5.63. The Morgan fingerprint density at radius 2 is 1.47 bits per heavy atom. The number of hydrogen-bond acceptors (Lipinski definition) is 7. The van der Waals surface area contributed by atoms with E-state index in [0.717, 1.165) is 24.8 Å². The molecule has 4 aromatic carbocycles. The maximum Gasteiger partial charge on any atom is 0.339 e. The molecule has 1 saturated heterocycles. The molecule has 0 unspecified atom stereocenters. The Balaban J connectivity index is 0.986. The van der Waals surface area contributed by atoms with E-state index < -0.39 is 12.1 Å². The van der Waals surface area contributed by atoms with Crippen LogP contribution in [0.15, 0.2) is 109 Å². The van der Waals surface area contributed by atoms with Crippen molar-refractivity contribution in [1.29, 1.82) is 0 Å². The molecule has 2 bridgehead atoms. The minimum atomic E-state index is -1.04. The van der Waals surface area contributed by atoms with Gasteiger partial charge in [-0.2, -0.15) is 0 Å². The van der Waals surface area contributed by atoms with Crippen LogP contribution in [0.5, 0.6) is 5.75 Å². The number of aromatic nitrogens is 1. The average molecular weight is 651 g/mol. The van der Waals surface area contributed by atoms with Crippen LogP contribution in [0.2, 0.25) is 0 Å². The van der Waals surface area contributed by atoms with Gasteiger partial charge in [-0.05, 0) is 92.1 Å². The maximum absolute atomic E-state index is 13.6. The van der Waals surface area contributed by atoms with E-state index in [1.165, 1.54) is 4.90 Å². The quantitative estimate of drug-likeness (QED) is 0.0928. The number of fused-ring (bicyclic) bond motifs is 6. The van der Waals surface area contributed by atoms with Crippen molar-refractivity contribution in [2.45, 2.75) is 38.9 Å². The lowest BCUT2D eigenvalue weighted by Gasteiger charge is -2.19. The van der Waals surface area contributed by atoms with Gasteiger partial charge in [0.2, 0.25) is 17.6 Å². The van der Waals surface area contributed by atoms with Crippen LogP contribution in [0.4, 0.5) is 5.69 Å². The van der Waals surface area contributed by atoms with E-state index in [0.29, 0.717) is 57.6 Å². The van der Waals surface area contributed by atoms with Gasteiger partial charge < -0.3 is 9.47 Å². The summed E-state index contributed by atoms with van der Waals surface area (Å²) >= 11 is 0. The second kappa shape index (κ2) is 12.4. The molecule has 3 fully saturated rings. The zero-order valence-corrected chi connectivity index (χ0v) is 27.0. The summed E-state index contributed by atoms with van der Waals surface area (Å²) in [7, 11) is 0. The number of hydrogen-bond donors (Lipinski definition) is 0. The fourth-order valence-corrected chi connectivity index (χ4v) is 7.91. The van der Waals surface area contributed by atoms with Crippen molar-refractivity contribution < 1.29 is 28.7 Å². The van der Waals surface area contributed by atoms with Gasteiger partial charge in [-0.1, -0.05) is 60.7 Å². The van der Waals surface area contributed by atoms with Gasteiger partial charge in [0.05, 0.1) is 34.3 Å². The van der Waals surface area contributed by atoms with E-state index in [4.69, 9.17) is 14.5 Å². The molecule has 2 saturated carbocycles. The molecule has 0 N–H and O–H groups in total. The molecule has 2 heterocycles. The van der Waals surface area contributed by atoms with Gasteiger partial charge in [0.1, 0.15) is 12.4 Å². The Morgan fingerprint density at radius 1 is 0.816 bits per heavy atom. The van der Waals surface area contributed by atoms with Crippen molar-refractivity contribution in [3.63, 3.8) is 0 Å². The number of anilines is 1. The van der Waals surface area contributed by atoms with Crippen LogP contribution < -0.4 is 9.64 Å². The largest absolute Gasteiger partial charge is 0.489 e. The Labute approximate surface area is 283 Å². The van der Waals surface area contributed by atoms with Crippen molar-refractivity contribution >= 4 is 40.2 Å². The van der Waals surface area contributed by atoms with Crippen molar-refractivity contribution in [2.75, 3.05) is 4.90 Å². The first-order valence-electron chi connectivity index (χ1n) is 16.8. The molecule has 3 aliphatic rings. The molecular weight excluding hydrogens is 616 g/mol. The smallest absolute Gasteiger partial charge is 0.339 e. The molecule has 1 aliphatic heterocycles. The number of Topliss-reactive ketones (excluding diaryl/α,β-unsaturated/α-hetero) is 1. The van der Waals surface area contributed by atoms with Gasteiger partial charge in [0.15, 0.2) is 6.10 Å². The van der Waals surface area contributed by atoms with Crippen molar-refractivity contribution in [1.82, 2.24) is 4.98 Å². The summed E-state index contributed by atoms with van der Waals surface area (Å²) in [6.45, 7) is 1.97. The van der Waals surface area contributed by atoms with E-state index in [1.54, 1.807) is 55.5 Å². The number of esters is 1. The average Bonchev–Trinajstić information content (AvgIpc) is 3.84. The van der Waals surface area contributed by atoms with Crippen molar-refractivity contribution in [3.8, 4) is 17.0 Å². The third-order valence-corrected chi connectivity index (χ3v) is 10.3. The topological polar surface area (TPSA) is 103 Å². The van der Waals surface area contributed by atoms with Crippen LogP contribution in [0, 0.1) is 23.7 Å². The first-order chi connectivity index (χ1) is 23.9. The number of ketones is 1. The first-order valence-corrected chi connectivity index (χ1v) is 16.8. The molecule has 0 spiro atoms. The molecule has 5 aromatic rings. The molecular formula is C41H34N2O6. The summed E-state index contributed by atoms with van der Waals surface area (Å²) in [5.74, 6) is -0.252. The summed E-state index contributed by atoms with van der Waals surface area (Å²) in [5.41, 5.74) is 4.10. The number of pyridine rings is 1. The van der Waals surface area contributed by atoms with Gasteiger partial charge in [-0.15, -0.1) is 0 Å². The third-order valence-electron chi connectivity index (χ3n) is 10.3. The number of imide groups is 1. The summed E-state index contributed by atoms with van der Waals surface area (Å²) < 4.78 is 11.6. The third kappa shape index (κ3) is 5.57. The molecule has 8 rings (SSSR count). The Morgan fingerprint density at radius 3 is 2.16 bits per heavy atom. The van der Waals surface area contributed by atoms with Crippen LogP contribution >= 0.6 is 0 Å². The highest BCUT2D eigenvalue weighted by molar-refractivity contribution is 6.22. The standard InChI is InChI=1S/C41H34N2O6/c1-24(38(44)27-15-19-31(20-16-27)48-23-25-7-3-2-4-8-25)49-41(47)33-22-35(42-34-10-6-5-9-32(33)34)26-13-17-30(18-14-26)43-39(45)36-28-11-12-29(21-28)37(36)40(43)46/h2-10,13-20,22,24,28-29,36-37H,11-12,21,23H2,1H3/t24-,28-,29+,36+,37+/m1/s1. The summed E-state index contributed by atoms with van der Waals surface area (Å²) in [6.07, 6.45) is 2.01. The molecule has 5 atom stereocenters. The van der Waals surface area contributed by atoms with Gasteiger partial charge in [0, 0.05) is 16.5 Å². The number of benzene rings is 4. The predicted octanol–water partition coefficient (Wildman–Crippen LogP) is 7.44. The fraction of sp³-hybridized carbons (Fsp3) is 0.244.